The zero-order chi connectivity index (χ0) is 11.0. The molecule has 1 heterocycles. The molecule has 2 heteroatoms. The van der Waals surface area contributed by atoms with Crippen molar-refractivity contribution >= 4 is 0 Å². The Morgan fingerprint density at radius 1 is 1.33 bits per heavy atom. The average molecular weight is 204 g/mol. The van der Waals surface area contributed by atoms with Crippen molar-refractivity contribution in [3.63, 3.8) is 0 Å². The lowest BCUT2D eigenvalue weighted by molar-refractivity contribution is 0.340. The molecule has 0 aromatic rings. The summed E-state index contributed by atoms with van der Waals surface area (Å²) in [6, 6.07) is 0. The van der Waals surface area contributed by atoms with Crippen molar-refractivity contribution in [3.8, 4) is 0 Å². The van der Waals surface area contributed by atoms with Gasteiger partial charge in [0.2, 0.25) is 0 Å². The van der Waals surface area contributed by atoms with Crippen LogP contribution in [0.4, 0.5) is 0 Å². The molecule has 2 nitrogen and oxygen atoms in total. The summed E-state index contributed by atoms with van der Waals surface area (Å²) in [6.45, 7) is 8.95. The molecule has 0 aromatic carbocycles. The molecule has 82 valence electrons. The maximum atomic E-state index is 3.30. The number of hydrogen-bond donors (Lipinski definition) is 1. The van der Waals surface area contributed by atoms with Gasteiger partial charge in [0, 0.05) is 18.1 Å². The van der Waals surface area contributed by atoms with E-state index >= 15 is 0 Å². The lowest BCUT2D eigenvalue weighted by atomic mass is 9.88. The monoisotopic (exact) mass is 204 g/mol. The van der Waals surface area contributed by atoms with Gasteiger partial charge in [0.05, 0.1) is 6.17 Å². The predicted molar refractivity (Wildman–Crippen MR) is 63.8 cm³/mol. The molecule has 0 amide bonds. The van der Waals surface area contributed by atoms with E-state index < -0.39 is 0 Å². The van der Waals surface area contributed by atoms with Gasteiger partial charge in [-0.2, -0.15) is 0 Å². The van der Waals surface area contributed by atoms with Crippen molar-refractivity contribution in [3.05, 3.63) is 35.3 Å². The summed E-state index contributed by atoms with van der Waals surface area (Å²) in [6.07, 6.45) is 8.03. The highest BCUT2D eigenvalue weighted by Crippen LogP contribution is 2.31. The molecule has 0 radical (unpaired) electrons. The summed E-state index contributed by atoms with van der Waals surface area (Å²) < 4.78 is 0. The van der Waals surface area contributed by atoms with E-state index in [1.54, 1.807) is 0 Å². The van der Waals surface area contributed by atoms with Gasteiger partial charge in [0.25, 0.3) is 0 Å². The minimum atomic E-state index is 0.398. The van der Waals surface area contributed by atoms with Gasteiger partial charge in [-0.05, 0) is 39.2 Å². The summed E-state index contributed by atoms with van der Waals surface area (Å²) in [5.74, 6) is 0.672. The highest BCUT2D eigenvalue weighted by atomic mass is 15.3. The highest BCUT2D eigenvalue weighted by molar-refractivity contribution is 5.33. The standard InChI is InChI=1S/C13H20N2/c1-9-7-13(8-10(2)11(9)3)15-6-5-14-12(15)4/h5-7,10,12,14H,8H2,1-4H3/t10-,12?/m0/s1. The van der Waals surface area contributed by atoms with Gasteiger partial charge in [-0.15, -0.1) is 0 Å². The fourth-order valence-electron chi connectivity index (χ4n) is 2.27. The van der Waals surface area contributed by atoms with E-state index in [1.165, 1.54) is 16.8 Å². The fraction of sp³-hybridized carbons (Fsp3) is 0.538. The SMILES string of the molecule is CC1=C(C)[C@@H](C)CC(N2C=CNC2C)=C1. The number of nitrogens with one attached hydrogen (secondary N) is 1. The number of allylic oxidation sites excluding steroid dienone is 4. The second kappa shape index (κ2) is 3.76. The van der Waals surface area contributed by atoms with Crippen LogP contribution in [0.3, 0.4) is 0 Å². The molecular formula is C13H20N2. The zero-order valence-electron chi connectivity index (χ0n) is 10.0. The molecule has 1 unspecified atom stereocenters. The Bertz CT molecular complexity index is 350. The molecule has 2 atom stereocenters. The average Bonchev–Trinajstić information content (AvgIpc) is 2.60. The molecular weight excluding hydrogens is 184 g/mol. The third kappa shape index (κ3) is 1.81. The Hall–Kier alpha value is -1.18. The van der Waals surface area contributed by atoms with Gasteiger partial charge < -0.3 is 10.2 Å². The zero-order valence-corrected chi connectivity index (χ0v) is 10.0. The van der Waals surface area contributed by atoms with E-state index in [0.29, 0.717) is 12.1 Å². The molecule has 15 heavy (non-hydrogen) atoms. The summed E-state index contributed by atoms with van der Waals surface area (Å²) in [7, 11) is 0. The summed E-state index contributed by atoms with van der Waals surface area (Å²) in [5.41, 5.74) is 4.39. The first-order valence-corrected chi connectivity index (χ1v) is 5.68. The minimum Gasteiger partial charge on any atom is -0.370 e. The van der Waals surface area contributed by atoms with Gasteiger partial charge in [-0.3, -0.25) is 0 Å². The first-order chi connectivity index (χ1) is 7.09. The topological polar surface area (TPSA) is 15.3 Å². The van der Waals surface area contributed by atoms with Crippen LogP contribution in [0.5, 0.6) is 0 Å². The molecule has 1 N–H and O–H groups in total. The van der Waals surface area contributed by atoms with Gasteiger partial charge >= 0.3 is 0 Å². The fourth-order valence-corrected chi connectivity index (χ4v) is 2.27. The van der Waals surface area contributed by atoms with Gasteiger partial charge in [0.15, 0.2) is 0 Å². The summed E-state index contributed by atoms with van der Waals surface area (Å²) >= 11 is 0. The van der Waals surface area contributed by atoms with E-state index in [2.05, 4.69) is 50.2 Å². The Balaban J connectivity index is 2.25. The van der Waals surface area contributed by atoms with Crippen LogP contribution in [0, 0.1) is 5.92 Å². The van der Waals surface area contributed by atoms with Crippen molar-refractivity contribution in [1.82, 2.24) is 10.2 Å². The first kappa shape index (κ1) is 10.3. The molecule has 2 aliphatic rings. The van der Waals surface area contributed by atoms with Crippen LogP contribution in [0.2, 0.25) is 0 Å². The largest absolute Gasteiger partial charge is 0.370 e. The third-order valence-electron chi connectivity index (χ3n) is 3.58. The maximum Gasteiger partial charge on any atom is 0.0996 e. The maximum absolute atomic E-state index is 3.30. The van der Waals surface area contributed by atoms with Gasteiger partial charge in [0.1, 0.15) is 0 Å². The lowest BCUT2D eigenvalue weighted by Gasteiger charge is -2.31. The van der Waals surface area contributed by atoms with Crippen molar-refractivity contribution in [2.24, 2.45) is 5.92 Å². The van der Waals surface area contributed by atoms with E-state index in [1.807, 2.05) is 6.20 Å². The van der Waals surface area contributed by atoms with Crippen LogP contribution in [-0.2, 0) is 0 Å². The second-order valence-electron chi connectivity index (χ2n) is 4.67. The Morgan fingerprint density at radius 3 is 2.60 bits per heavy atom. The number of nitrogens with zero attached hydrogens (tertiary/aromatic N) is 1. The molecule has 1 aliphatic heterocycles. The van der Waals surface area contributed by atoms with Crippen LogP contribution in [0.1, 0.15) is 34.1 Å². The normalized spacial score (nSPS) is 30.7. The minimum absolute atomic E-state index is 0.398. The molecule has 0 aromatic heterocycles. The van der Waals surface area contributed by atoms with Crippen LogP contribution in [0.15, 0.2) is 35.3 Å². The molecule has 0 spiro atoms. The van der Waals surface area contributed by atoms with Gasteiger partial charge in [-0.1, -0.05) is 18.1 Å². The van der Waals surface area contributed by atoms with E-state index in [9.17, 15) is 0 Å². The Morgan fingerprint density at radius 2 is 2.07 bits per heavy atom. The van der Waals surface area contributed by atoms with E-state index in [-0.39, 0.29) is 0 Å². The van der Waals surface area contributed by atoms with Crippen molar-refractivity contribution in [1.29, 1.82) is 0 Å². The quantitative estimate of drug-likeness (QED) is 0.706. The van der Waals surface area contributed by atoms with Crippen molar-refractivity contribution in [2.75, 3.05) is 0 Å². The smallest absolute Gasteiger partial charge is 0.0996 e. The Labute approximate surface area is 92.3 Å². The van der Waals surface area contributed by atoms with Crippen LogP contribution >= 0.6 is 0 Å². The summed E-state index contributed by atoms with van der Waals surface area (Å²) in [5, 5.41) is 3.30. The summed E-state index contributed by atoms with van der Waals surface area (Å²) in [4.78, 5) is 2.33. The molecule has 2 rings (SSSR count). The third-order valence-corrected chi connectivity index (χ3v) is 3.58. The van der Waals surface area contributed by atoms with Crippen molar-refractivity contribution in [2.45, 2.75) is 40.3 Å². The molecule has 0 fully saturated rings. The van der Waals surface area contributed by atoms with Crippen LogP contribution in [0.25, 0.3) is 0 Å². The molecule has 0 saturated heterocycles. The molecule has 0 bridgehead atoms. The van der Waals surface area contributed by atoms with Crippen LogP contribution < -0.4 is 5.32 Å². The first-order valence-electron chi connectivity index (χ1n) is 5.68. The number of rotatable bonds is 1. The Kier molecular flexibility index (Phi) is 2.59. The number of hydrogen-bond acceptors (Lipinski definition) is 2. The second-order valence-corrected chi connectivity index (χ2v) is 4.67. The molecule has 0 saturated carbocycles. The van der Waals surface area contributed by atoms with E-state index in [0.717, 1.165) is 6.42 Å². The predicted octanol–water partition coefficient (Wildman–Crippen LogP) is 2.97. The van der Waals surface area contributed by atoms with Crippen LogP contribution in [-0.4, -0.2) is 11.1 Å². The molecule has 1 aliphatic carbocycles. The van der Waals surface area contributed by atoms with E-state index in [4.69, 9.17) is 0 Å². The lowest BCUT2D eigenvalue weighted by Crippen LogP contribution is -2.32. The van der Waals surface area contributed by atoms with Gasteiger partial charge in [-0.25, -0.2) is 0 Å². The van der Waals surface area contributed by atoms with Crippen molar-refractivity contribution < 1.29 is 0 Å². The highest BCUT2D eigenvalue weighted by Gasteiger charge is 2.22.